The van der Waals surface area contributed by atoms with Crippen LogP contribution in [0.1, 0.15) is 71.1 Å². The molecule has 0 unspecified atom stereocenters. The molecular formula is C14H23N. The van der Waals surface area contributed by atoms with Gasteiger partial charge in [0.15, 0.2) is 0 Å². The Labute approximate surface area is 93.9 Å². The zero-order valence-corrected chi connectivity index (χ0v) is 10.0. The van der Waals surface area contributed by atoms with Gasteiger partial charge in [-0.15, -0.1) is 0 Å². The monoisotopic (exact) mass is 205 g/mol. The number of nitriles is 1. The summed E-state index contributed by atoms with van der Waals surface area (Å²) in [5.41, 5.74) is 1.15. The van der Waals surface area contributed by atoms with E-state index in [1.54, 1.807) is 0 Å². The summed E-state index contributed by atoms with van der Waals surface area (Å²) in [5.74, 6) is 0. The van der Waals surface area contributed by atoms with Crippen LogP contribution >= 0.6 is 0 Å². The molecule has 0 saturated heterocycles. The Hall–Kier alpha value is -0.510. The first-order chi connectivity index (χ1) is 7.24. The first kappa shape index (κ1) is 11.0. The summed E-state index contributed by atoms with van der Waals surface area (Å²) >= 11 is 0. The van der Waals surface area contributed by atoms with E-state index in [9.17, 15) is 0 Å². The van der Waals surface area contributed by atoms with Crippen LogP contribution in [0.25, 0.3) is 0 Å². The largest absolute Gasteiger partial charge is 0.198 e. The van der Waals surface area contributed by atoms with Crippen molar-refractivity contribution in [2.75, 3.05) is 0 Å². The molecule has 0 radical (unpaired) electrons. The van der Waals surface area contributed by atoms with E-state index >= 15 is 0 Å². The van der Waals surface area contributed by atoms with Crippen LogP contribution in [0, 0.1) is 22.2 Å². The maximum Gasteiger partial charge on any atom is 0.0627 e. The minimum atomic E-state index is 0.447. The number of hydrogen-bond acceptors (Lipinski definition) is 1. The summed E-state index contributed by atoms with van der Waals surface area (Å²) in [6, 6.07) is 2.41. The van der Waals surface area contributed by atoms with Crippen LogP contribution in [-0.4, -0.2) is 0 Å². The SMILES string of the molecule is CCCCC12CCC(CC#N)(CC1)CC2. The lowest BCUT2D eigenvalue weighted by Crippen LogP contribution is -2.41. The maximum atomic E-state index is 8.89. The smallest absolute Gasteiger partial charge is 0.0627 e. The zero-order chi connectivity index (χ0) is 10.8. The van der Waals surface area contributed by atoms with Crippen LogP contribution in [0.5, 0.6) is 0 Å². The van der Waals surface area contributed by atoms with E-state index in [2.05, 4.69) is 13.0 Å². The second kappa shape index (κ2) is 4.16. The Balaban J connectivity index is 1.95. The summed E-state index contributed by atoms with van der Waals surface area (Å²) < 4.78 is 0. The molecule has 3 aliphatic rings. The van der Waals surface area contributed by atoms with Gasteiger partial charge in [-0.25, -0.2) is 0 Å². The van der Waals surface area contributed by atoms with Gasteiger partial charge in [-0.1, -0.05) is 19.8 Å². The van der Waals surface area contributed by atoms with Crippen LogP contribution in [0.15, 0.2) is 0 Å². The molecule has 0 amide bonds. The van der Waals surface area contributed by atoms with Crippen molar-refractivity contribution in [1.82, 2.24) is 0 Å². The average molecular weight is 205 g/mol. The van der Waals surface area contributed by atoms with Crippen molar-refractivity contribution in [1.29, 1.82) is 5.26 Å². The third kappa shape index (κ3) is 2.05. The predicted molar refractivity (Wildman–Crippen MR) is 62.3 cm³/mol. The second-order valence-electron chi connectivity index (χ2n) is 5.94. The van der Waals surface area contributed by atoms with Gasteiger partial charge < -0.3 is 0 Å². The number of hydrogen-bond donors (Lipinski definition) is 0. The van der Waals surface area contributed by atoms with Gasteiger partial charge in [0.25, 0.3) is 0 Å². The highest BCUT2D eigenvalue weighted by Gasteiger charge is 2.47. The number of fused-ring (bicyclic) bond motifs is 3. The van der Waals surface area contributed by atoms with E-state index in [4.69, 9.17) is 5.26 Å². The molecule has 15 heavy (non-hydrogen) atoms. The average Bonchev–Trinajstić information content (AvgIpc) is 2.29. The molecule has 3 rings (SSSR count). The van der Waals surface area contributed by atoms with Gasteiger partial charge in [-0.2, -0.15) is 5.26 Å². The molecule has 0 heterocycles. The van der Waals surface area contributed by atoms with Gasteiger partial charge >= 0.3 is 0 Å². The molecule has 0 N–H and O–H groups in total. The van der Waals surface area contributed by atoms with E-state index in [1.165, 1.54) is 57.8 Å². The third-order valence-corrected chi connectivity index (χ3v) is 5.07. The molecule has 0 aliphatic heterocycles. The van der Waals surface area contributed by atoms with Crippen molar-refractivity contribution in [3.05, 3.63) is 0 Å². The van der Waals surface area contributed by atoms with Crippen molar-refractivity contribution in [3.63, 3.8) is 0 Å². The summed E-state index contributed by atoms with van der Waals surface area (Å²) in [4.78, 5) is 0. The van der Waals surface area contributed by atoms with Crippen molar-refractivity contribution in [2.24, 2.45) is 10.8 Å². The van der Waals surface area contributed by atoms with Crippen LogP contribution in [-0.2, 0) is 0 Å². The number of nitrogens with zero attached hydrogens (tertiary/aromatic N) is 1. The van der Waals surface area contributed by atoms with Gasteiger partial charge in [0, 0.05) is 6.42 Å². The fraction of sp³-hybridized carbons (Fsp3) is 0.929. The maximum absolute atomic E-state index is 8.89. The number of unbranched alkanes of at least 4 members (excludes halogenated alkanes) is 1. The molecule has 1 nitrogen and oxygen atoms in total. The van der Waals surface area contributed by atoms with E-state index in [0.717, 1.165) is 6.42 Å². The van der Waals surface area contributed by atoms with E-state index < -0.39 is 0 Å². The van der Waals surface area contributed by atoms with Crippen LogP contribution < -0.4 is 0 Å². The first-order valence-corrected chi connectivity index (χ1v) is 6.61. The van der Waals surface area contributed by atoms with Crippen molar-refractivity contribution < 1.29 is 0 Å². The molecule has 84 valence electrons. The van der Waals surface area contributed by atoms with Gasteiger partial charge in [0.05, 0.1) is 6.07 Å². The molecule has 3 aliphatic carbocycles. The molecule has 0 spiro atoms. The lowest BCUT2D eigenvalue weighted by molar-refractivity contribution is -0.0126. The Morgan fingerprint density at radius 1 is 1.00 bits per heavy atom. The highest BCUT2D eigenvalue weighted by atomic mass is 14.5. The molecular weight excluding hydrogens is 182 g/mol. The summed E-state index contributed by atoms with van der Waals surface area (Å²) in [6.07, 6.45) is 13.3. The molecule has 3 fully saturated rings. The Morgan fingerprint density at radius 3 is 2.00 bits per heavy atom. The van der Waals surface area contributed by atoms with Gasteiger partial charge in [0.2, 0.25) is 0 Å². The predicted octanol–water partition coefficient (Wildman–Crippen LogP) is 4.43. The molecule has 3 saturated carbocycles. The highest BCUT2D eigenvalue weighted by molar-refractivity contribution is 5.02. The minimum Gasteiger partial charge on any atom is -0.198 e. The topological polar surface area (TPSA) is 23.8 Å². The standard InChI is InChI=1S/C14H23N/c1-2-3-4-13-5-8-14(9-6-13,10-7-13)11-12-15/h2-11H2,1H3. The first-order valence-electron chi connectivity index (χ1n) is 6.61. The molecule has 0 aromatic rings. The molecule has 0 atom stereocenters. The van der Waals surface area contributed by atoms with Crippen LogP contribution in [0.2, 0.25) is 0 Å². The van der Waals surface area contributed by atoms with E-state index in [1.807, 2.05) is 0 Å². The Kier molecular flexibility index (Phi) is 3.05. The molecule has 0 aromatic heterocycles. The van der Waals surface area contributed by atoms with E-state index in [0.29, 0.717) is 10.8 Å². The normalized spacial score (nSPS) is 38.9. The van der Waals surface area contributed by atoms with E-state index in [-0.39, 0.29) is 0 Å². The Morgan fingerprint density at radius 2 is 1.53 bits per heavy atom. The molecule has 1 heteroatoms. The van der Waals surface area contributed by atoms with Crippen molar-refractivity contribution in [3.8, 4) is 6.07 Å². The summed E-state index contributed by atoms with van der Waals surface area (Å²) in [6.45, 7) is 2.29. The summed E-state index contributed by atoms with van der Waals surface area (Å²) in [7, 11) is 0. The zero-order valence-electron chi connectivity index (χ0n) is 10.0. The highest BCUT2D eigenvalue weighted by Crippen LogP contribution is 2.59. The van der Waals surface area contributed by atoms with Crippen LogP contribution in [0.4, 0.5) is 0 Å². The fourth-order valence-corrected chi connectivity index (χ4v) is 3.70. The van der Waals surface area contributed by atoms with Crippen molar-refractivity contribution in [2.45, 2.75) is 71.1 Å². The quantitative estimate of drug-likeness (QED) is 0.666. The minimum absolute atomic E-state index is 0.447. The molecule has 2 bridgehead atoms. The second-order valence-corrected chi connectivity index (χ2v) is 5.94. The van der Waals surface area contributed by atoms with Gasteiger partial charge in [0.1, 0.15) is 0 Å². The number of rotatable bonds is 4. The van der Waals surface area contributed by atoms with Gasteiger partial charge in [-0.05, 0) is 55.8 Å². The van der Waals surface area contributed by atoms with Crippen molar-refractivity contribution >= 4 is 0 Å². The lowest BCUT2D eigenvalue weighted by Gasteiger charge is -2.53. The lowest BCUT2D eigenvalue weighted by atomic mass is 9.52. The summed E-state index contributed by atoms with van der Waals surface area (Å²) in [5, 5.41) is 8.89. The third-order valence-electron chi connectivity index (χ3n) is 5.07. The fourth-order valence-electron chi connectivity index (χ4n) is 3.70. The Bertz CT molecular complexity index is 236. The molecule has 0 aromatic carbocycles. The van der Waals surface area contributed by atoms with Crippen LogP contribution in [0.3, 0.4) is 0 Å². The van der Waals surface area contributed by atoms with Gasteiger partial charge in [-0.3, -0.25) is 0 Å².